The Morgan fingerprint density at radius 1 is 1.39 bits per heavy atom. The minimum Gasteiger partial charge on any atom is -0.378 e. The van der Waals surface area contributed by atoms with Crippen LogP contribution in [0.2, 0.25) is 5.02 Å². The number of ketones is 1. The number of hydrogen-bond donors (Lipinski definition) is 0. The predicted octanol–water partition coefficient (Wildman–Crippen LogP) is 3.69. The molecule has 0 saturated carbocycles. The van der Waals surface area contributed by atoms with Crippen LogP contribution >= 0.6 is 11.6 Å². The maximum absolute atomic E-state index is 12.1. The Morgan fingerprint density at radius 3 is 2.78 bits per heavy atom. The van der Waals surface area contributed by atoms with E-state index in [1.54, 1.807) is 12.1 Å². The van der Waals surface area contributed by atoms with Crippen LogP contribution in [-0.4, -0.2) is 24.8 Å². The molecule has 2 nitrogen and oxygen atoms in total. The lowest BCUT2D eigenvalue weighted by Crippen LogP contribution is -2.07. The van der Waals surface area contributed by atoms with Gasteiger partial charge in [-0.3, -0.25) is 4.79 Å². The van der Waals surface area contributed by atoms with Crippen molar-refractivity contribution >= 4 is 17.4 Å². The molecule has 0 heterocycles. The van der Waals surface area contributed by atoms with Crippen molar-refractivity contribution in [3.8, 4) is 0 Å². The van der Waals surface area contributed by atoms with Gasteiger partial charge in [0.15, 0.2) is 5.78 Å². The fourth-order valence-corrected chi connectivity index (χ4v) is 2.16. The highest BCUT2D eigenvalue weighted by molar-refractivity contribution is 6.31. The number of rotatable bonds is 4. The predicted molar refractivity (Wildman–Crippen MR) is 74.9 cm³/mol. The van der Waals surface area contributed by atoms with Gasteiger partial charge in [-0.2, -0.15) is 0 Å². The summed E-state index contributed by atoms with van der Waals surface area (Å²) in [7, 11) is 4.01. The minimum atomic E-state index is 0.122. The molecule has 0 aromatic heterocycles. The van der Waals surface area contributed by atoms with Crippen LogP contribution < -0.4 is 0 Å². The molecule has 1 aliphatic carbocycles. The first-order valence-electron chi connectivity index (χ1n) is 5.92. The van der Waals surface area contributed by atoms with Crippen LogP contribution in [0, 0.1) is 0 Å². The van der Waals surface area contributed by atoms with E-state index < -0.39 is 0 Å². The van der Waals surface area contributed by atoms with Crippen molar-refractivity contribution in [2.45, 2.75) is 12.8 Å². The fourth-order valence-electron chi connectivity index (χ4n) is 1.97. The van der Waals surface area contributed by atoms with Crippen molar-refractivity contribution in [2.75, 3.05) is 14.1 Å². The van der Waals surface area contributed by atoms with E-state index in [0.29, 0.717) is 17.0 Å². The summed E-state index contributed by atoms with van der Waals surface area (Å²) in [6.45, 7) is 0. The number of Topliss-reactive ketones (excluding diaryl/α,β-unsaturated/α-hetero) is 1. The summed E-state index contributed by atoms with van der Waals surface area (Å²) >= 11 is 5.89. The maximum Gasteiger partial charge on any atom is 0.166 e. The van der Waals surface area contributed by atoms with Crippen molar-refractivity contribution in [2.24, 2.45) is 0 Å². The first kappa shape index (κ1) is 12.9. The number of hydrogen-bond acceptors (Lipinski definition) is 2. The highest BCUT2D eigenvalue weighted by atomic mass is 35.5. The molecule has 0 aliphatic heterocycles. The van der Waals surface area contributed by atoms with E-state index in [4.69, 9.17) is 11.6 Å². The number of benzene rings is 1. The normalized spacial score (nSPS) is 14.2. The van der Waals surface area contributed by atoms with Gasteiger partial charge in [0.05, 0.1) is 0 Å². The third-order valence-corrected chi connectivity index (χ3v) is 3.21. The lowest BCUT2D eigenvalue weighted by atomic mass is 10.0. The summed E-state index contributed by atoms with van der Waals surface area (Å²) in [6.07, 6.45) is 5.55. The van der Waals surface area contributed by atoms with Crippen molar-refractivity contribution in [3.63, 3.8) is 0 Å². The van der Waals surface area contributed by atoms with Gasteiger partial charge in [-0.05, 0) is 24.6 Å². The third-order valence-electron chi connectivity index (χ3n) is 2.98. The molecule has 0 unspecified atom stereocenters. The maximum atomic E-state index is 12.1. The molecule has 2 rings (SSSR count). The molecular formula is C15H16ClNO. The van der Waals surface area contributed by atoms with Gasteiger partial charge in [-0.15, -0.1) is 0 Å². The fraction of sp³-hybridized carbons (Fsp3) is 0.267. The molecular weight excluding hydrogens is 246 g/mol. The first-order valence-corrected chi connectivity index (χ1v) is 6.30. The molecule has 0 radical (unpaired) electrons. The number of halogens is 1. The quantitative estimate of drug-likeness (QED) is 0.771. The monoisotopic (exact) mass is 261 g/mol. The third kappa shape index (κ3) is 3.02. The molecule has 0 amide bonds. The van der Waals surface area contributed by atoms with Crippen LogP contribution in [0.4, 0.5) is 0 Å². The SMILES string of the molecule is CN(C)C1=CCC(CC(=O)c2cccc(Cl)c2)=C1. The smallest absolute Gasteiger partial charge is 0.166 e. The van der Waals surface area contributed by atoms with Gasteiger partial charge < -0.3 is 4.90 Å². The van der Waals surface area contributed by atoms with Gasteiger partial charge in [0.2, 0.25) is 0 Å². The van der Waals surface area contributed by atoms with Crippen molar-refractivity contribution in [1.29, 1.82) is 0 Å². The van der Waals surface area contributed by atoms with Gasteiger partial charge >= 0.3 is 0 Å². The van der Waals surface area contributed by atoms with Gasteiger partial charge in [0.1, 0.15) is 0 Å². The Morgan fingerprint density at radius 2 is 2.17 bits per heavy atom. The summed E-state index contributed by atoms with van der Waals surface area (Å²) in [5.74, 6) is 0.122. The Labute approximate surface area is 113 Å². The van der Waals surface area contributed by atoms with Gasteiger partial charge in [-0.1, -0.05) is 35.4 Å². The van der Waals surface area contributed by atoms with Gasteiger partial charge in [0, 0.05) is 36.8 Å². The number of likely N-dealkylation sites (N-methyl/N-ethyl adjacent to an activating group) is 1. The number of carbonyl (C=O) groups is 1. The van der Waals surface area contributed by atoms with Crippen molar-refractivity contribution in [1.82, 2.24) is 4.90 Å². The van der Waals surface area contributed by atoms with Gasteiger partial charge in [0.25, 0.3) is 0 Å². The van der Waals surface area contributed by atoms with E-state index in [1.165, 1.54) is 5.70 Å². The molecule has 1 aromatic rings. The Kier molecular flexibility index (Phi) is 3.87. The second-order valence-corrected chi connectivity index (χ2v) is 5.08. The second kappa shape index (κ2) is 5.40. The van der Waals surface area contributed by atoms with Crippen LogP contribution in [0.5, 0.6) is 0 Å². The largest absolute Gasteiger partial charge is 0.378 e. The van der Waals surface area contributed by atoms with Gasteiger partial charge in [-0.25, -0.2) is 0 Å². The molecule has 18 heavy (non-hydrogen) atoms. The molecule has 0 bridgehead atoms. The van der Waals surface area contributed by atoms with E-state index >= 15 is 0 Å². The van der Waals surface area contributed by atoms with Crippen LogP contribution in [0.3, 0.4) is 0 Å². The lowest BCUT2D eigenvalue weighted by molar-refractivity contribution is 0.0992. The van der Waals surface area contributed by atoms with E-state index in [9.17, 15) is 4.79 Å². The van der Waals surface area contributed by atoms with E-state index in [0.717, 1.165) is 12.0 Å². The summed E-state index contributed by atoms with van der Waals surface area (Å²) in [5.41, 5.74) is 3.01. The molecule has 0 saturated heterocycles. The molecule has 3 heteroatoms. The molecule has 0 fully saturated rings. The zero-order valence-electron chi connectivity index (χ0n) is 10.6. The topological polar surface area (TPSA) is 20.3 Å². The zero-order chi connectivity index (χ0) is 13.1. The standard InChI is InChI=1S/C15H16ClNO/c1-17(2)14-7-6-11(8-14)9-15(18)12-4-3-5-13(16)10-12/h3-5,7-8,10H,6,9H2,1-2H3. The molecule has 0 N–H and O–H groups in total. The minimum absolute atomic E-state index is 0.122. The zero-order valence-corrected chi connectivity index (χ0v) is 11.4. The average Bonchev–Trinajstić information content (AvgIpc) is 2.77. The van der Waals surface area contributed by atoms with E-state index in [1.807, 2.05) is 26.2 Å². The van der Waals surface area contributed by atoms with Crippen LogP contribution in [-0.2, 0) is 0 Å². The lowest BCUT2D eigenvalue weighted by Gasteiger charge is -2.10. The van der Waals surface area contributed by atoms with Crippen LogP contribution in [0.1, 0.15) is 23.2 Å². The summed E-state index contributed by atoms with van der Waals surface area (Å²) in [6, 6.07) is 7.12. The Hall–Kier alpha value is -1.54. The van der Waals surface area contributed by atoms with Crippen molar-refractivity contribution in [3.05, 3.63) is 58.3 Å². The Balaban J connectivity index is 2.04. The second-order valence-electron chi connectivity index (χ2n) is 4.64. The number of carbonyl (C=O) groups excluding carboxylic acids is 1. The summed E-state index contributed by atoms with van der Waals surface area (Å²) in [4.78, 5) is 14.1. The first-order chi connectivity index (χ1) is 8.56. The summed E-state index contributed by atoms with van der Waals surface area (Å²) in [5, 5.41) is 0.605. The highest BCUT2D eigenvalue weighted by Gasteiger charge is 2.13. The van der Waals surface area contributed by atoms with E-state index in [2.05, 4.69) is 17.1 Å². The molecule has 1 aromatic carbocycles. The Bertz CT molecular complexity index is 529. The molecule has 94 valence electrons. The number of allylic oxidation sites excluding steroid dienone is 3. The number of nitrogens with zero attached hydrogens (tertiary/aromatic N) is 1. The van der Waals surface area contributed by atoms with Crippen LogP contribution in [0.15, 0.2) is 47.7 Å². The highest BCUT2D eigenvalue weighted by Crippen LogP contribution is 2.23. The molecule has 0 spiro atoms. The van der Waals surface area contributed by atoms with Crippen LogP contribution in [0.25, 0.3) is 0 Å². The summed E-state index contributed by atoms with van der Waals surface area (Å²) < 4.78 is 0. The molecule has 0 atom stereocenters. The average molecular weight is 262 g/mol. The van der Waals surface area contributed by atoms with E-state index in [-0.39, 0.29) is 5.78 Å². The van der Waals surface area contributed by atoms with Crippen molar-refractivity contribution < 1.29 is 4.79 Å². The molecule has 1 aliphatic rings.